The second-order valence-electron chi connectivity index (χ2n) is 3.99. The Hall–Kier alpha value is -1.33. The molecule has 1 unspecified atom stereocenters. The predicted octanol–water partition coefficient (Wildman–Crippen LogP) is 3.39. The minimum Gasteiger partial charge on any atom is -0.350 e. The summed E-state index contributed by atoms with van der Waals surface area (Å²) >= 11 is 11.8. The molecule has 0 saturated carbocycles. The molecule has 5 nitrogen and oxygen atoms in total. The minimum absolute atomic E-state index is 0.0494. The first-order valence-corrected chi connectivity index (χ1v) is 6.64. The average Bonchev–Trinajstić information content (AvgIpc) is 2.36. The summed E-state index contributed by atoms with van der Waals surface area (Å²) in [5.41, 5.74) is -0.443. The molecule has 7 heteroatoms. The van der Waals surface area contributed by atoms with Gasteiger partial charge < -0.3 is 5.32 Å². The second kappa shape index (κ2) is 7.31. The van der Waals surface area contributed by atoms with Crippen LogP contribution in [0, 0.1) is 10.1 Å². The van der Waals surface area contributed by atoms with Gasteiger partial charge in [-0.05, 0) is 12.5 Å². The zero-order valence-corrected chi connectivity index (χ0v) is 11.9. The van der Waals surface area contributed by atoms with E-state index in [1.165, 1.54) is 18.2 Å². The lowest BCUT2D eigenvalue weighted by Crippen LogP contribution is -2.30. The van der Waals surface area contributed by atoms with E-state index < -0.39 is 10.8 Å². The van der Waals surface area contributed by atoms with Crippen molar-refractivity contribution < 1.29 is 9.72 Å². The highest BCUT2D eigenvalue weighted by Gasteiger charge is 2.23. The number of nitrogens with zero attached hydrogens (tertiary/aromatic N) is 1. The number of hydrogen-bond acceptors (Lipinski definition) is 3. The first kappa shape index (κ1) is 15.7. The Balaban J connectivity index is 2.85. The van der Waals surface area contributed by atoms with Crippen molar-refractivity contribution in [3.05, 3.63) is 38.9 Å². The Labute approximate surface area is 121 Å². The number of nitro benzene ring substituents is 1. The Bertz CT molecular complexity index is 480. The molecule has 0 aliphatic heterocycles. The molecule has 0 aromatic heterocycles. The number of rotatable bonds is 6. The molecular weight excluding hydrogens is 291 g/mol. The SMILES string of the molecule is CCCC(Cl)CNC(=O)c1c(Cl)cccc1[N+](=O)[O-]. The van der Waals surface area contributed by atoms with Crippen molar-refractivity contribution in [1.29, 1.82) is 0 Å². The lowest BCUT2D eigenvalue weighted by molar-refractivity contribution is -0.385. The smallest absolute Gasteiger partial charge is 0.283 e. The highest BCUT2D eigenvalue weighted by molar-refractivity contribution is 6.34. The zero-order valence-electron chi connectivity index (χ0n) is 10.4. The van der Waals surface area contributed by atoms with Crippen LogP contribution in [0.3, 0.4) is 0 Å². The van der Waals surface area contributed by atoms with Crippen LogP contribution in [0.25, 0.3) is 0 Å². The van der Waals surface area contributed by atoms with Crippen LogP contribution in [0.2, 0.25) is 5.02 Å². The molecule has 0 aliphatic rings. The average molecular weight is 305 g/mol. The van der Waals surface area contributed by atoms with Crippen molar-refractivity contribution >= 4 is 34.8 Å². The minimum atomic E-state index is -0.634. The fourth-order valence-electron chi connectivity index (χ4n) is 1.60. The fraction of sp³-hybridized carbons (Fsp3) is 0.417. The van der Waals surface area contributed by atoms with Crippen molar-refractivity contribution in [1.82, 2.24) is 5.32 Å². The number of hydrogen-bond donors (Lipinski definition) is 1. The van der Waals surface area contributed by atoms with E-state index in [9.17, 15) is 14.9 Å². The molecule has 1 amide bonds. The van der Waals surface area contributed by atoms with Gasteiger partial charge in [0, 0.05) is 12.6 Å². The van der Waals surface area contributed by atoms with E-state index in [1.54, 1.807) is 0 Å². The molecule has 0 heterocycles. The summed E-state index contributed by atoms with van der Waals surface area (Å²) in [7, 11) is 0. The van der Waals surface area contributed by atoms with Gasteiger partial charge >= 0.3 is 0 Å². The molecule has 0 bridgehead atoms. The predicted molar refractivity (Wildman–Crippen MR) is 75.0 cm³/mol. The molecule has 0 fully saturated rings. The fourth-order valence-corrected chi connectivity index (χ4v) is 2.15. The van der Waals surface area contributed by atoms with Crippen LogP contribution in [0.1, 0.15) is 30.1 Å². The Kier molecular flexibility index (Phi) is 6.05. The van der Waals surface area contributed by atoms with Crippen LogP contribution in [0.4, 0.5) is 5.69 Å². The Morgan fingerprint density at radius 2 is 2.21 bits per heavy atom. The second-order valence-corrected chi connectivity index (χ2v) is 5.01. The van der Waals surface area contributed by atoms with Gasteiger partial charge in [-0.1, -0.05) is 31.0 Å². The van der Waals surface area contributed by atoms with Gasteiger partial charge in [0.1, 0.15) is 5.56 Å². The molecule has 19 heavy (non-hydrogen) atoms. The van der Waals surface area contributed by atoms with Crippen molar-refractivity contribution in [2.75, 3.05) is 6.54 Å². The van der Waals surface area contributed by atoms with Gasteiger partial charge in [0.05, 0.1) is 15.3 Å². The summed E-state index contributed by atoms with van der Waals surface area (Å²) in [6.07, 6.45) is 1.66. The number of halogens is 2. The summed E-state index contributed by atoms with van der Waals surface area (Å²) in [5, 5.41) is 13.3. The lowest BCUT2D eigenvalue weighted by atomic mass is 10.1. The van der Waals surface area contributed by atoms with Crippen molar-refractivity contribution in [3.8, 4) is 0 Å². The number of nitrogens with one attached hydrogen (secondary N) is 1. The molecule has 0 spiro atoms. The monoisotopic (exact) mass is 304 g/mol. The summed E-state index contributed by atoms with van der Waals surface area (Å²) in [6.45, 7) is 2.23. The van der Waals surface area contributed by atoms with Gasteiger partial charge in [0.15, 0.2) is 0 Å². The highest BCUT2D eigenvalue weighted by Crippen LogP contribution is 2.26. The van der Waals surface area contributed by atoms with E-state index in [0.29, 0.717) is 0 Å². The number of amides is 1. The van der Waals surface area contributed by atoms with Crippen molar-refractivity contribution in [3.63, 3.8) is 0 Å². The number of carbonyl (C=O) groups excluding carboxylic acids is 1. The first-order valence-electron chi connectivity index (χ1n) is 5.82. The number of benzene rings is 1. The molecule has 1 aromatic rings. The number of alkyl halides is 1. The number of carbonyl (C=O) groups is 1. The van der Waals surface area contributed by atoms with Crippen LogP contribution in [-0.2, 0) is 0 Å². The molecule has 1 rings (SSSR count). The molecule has 1 aromatic carbocycles. The van der Waals surface area contributed by atoms with Crippen LogP contribution in [-0.4, -0.2) is 22.8 Å². The van der Waals surface area contributed by atoms with E-state index in [-0.39, 0.29) is 28.2 Å². The van der Waals surface area contributed by atoms with Gasteiger partial charge in [-0.15, -0.1) is 11.6 Å². The van der Waals surface area contributed by atoms with Gasteiger partial charge in [0.2, 0.25) is 0 Å². The first-order chi connectivity index (χ1) is 8.97. The third-order valence-corrected chi connectivity index (χ3v) is 3.19. The Morgan fingerprint density at radius 1 is 1.53 bits per heavy atom. The van der Waals surface area contributed by atoms with Crippen LogP contribution >= 0.6 is 23.2 Å². The maximum Gasteiger partial charge on any atom is 0.283 e. The molecule has 104 valence electrons. The van der Waals surface area contributed by atoms with Crippen LogP contribution < -0.4 is 5.32 Å². The molecule has 0 aliphatic carbocycles. The maximum atomic E-state index is 11.9. The summed E-state index contributed by atoms with van der Waals surface area (Å²) < 4.78 is 0. The highest BCUT2D eigenvalue weighted by atomic mass is 35.5. The van der Waals surface area contributed by atoms with Gasteiger partial charge in [-0.3, -0.25) is 14.9 Å². The summed E-state index contributed by atoms with van der Waals surface area (Å²) in [4.78, 5) is 22.2. The number of nitro groups is 1. The molecule has 0 saturated heterocycles. The van der Waals surface area contributed by atoms with Crippen molar-refractivity contribution in [2.24, 2.45) is 0 Å². The van der Waals surface area contributed by atoms with E-state index in [2.05, 4.69) is 5.32 Å². The van der Waals surface area contributed by atoms with Crippen LogP contribution in [0.5, 0.6) is 0 Å². The van der Waals surface area contributed by atoms with E-state index in [4.69, 9.17) is 23.2 Å². The normalized spacial score (nSPS) is 11.9. The third kappa shape index (κ3) is 4.36. The Morgan fingerprint density at radius 3 is 2.79 bits per heavy atom. The van der Waals surface area contributed by atoms with Crippen LogP contribution in [0.15, 0.2) is 18.2 Å². The standard InChI is InChI=1S/C12H14Cl2N2O3/c1-2-4-8(13)7-15-12(17)11-9(14)5-3-6-10(11)16(18)19/h3,5-6,8H,2,4,7H2,1H3,(H,15,17). The lowest BCUT2D eigenvalue weighted by Gasteiger charge is -2.10. The third-order valence-electron chi connectivity index (χ3n) is 2.50. The topological polar surface area (TPSA) is 72.2 Å². The van der Waals surface area contributed by atoms with E-state index in [0.717, 1.165) is 12.8 Å². The van der Waals surface area contributed by atoms with Crippen molar-refractivity contribution in [2.45, 2.75) is 25.1 Å². The molecular formula is C12H14Cl2N2O3. The van der Waals surface area contributed by atoms with E-state index >= 15 is 0 Å². The summed E-state index contributed by atoms with van der Waals surface area (Å²) in [5.74, 6) is -0.584. The van der Waals surface area contributed by atoms with E-state index in [1.807, 2.05) is 6.92 Å². The zero-order chi connectivity index (χ0) is 14.4. The van der Waals surface area contributed by atoms with Gasteiger partial charge in [-0.25, -0.2) is 0 Å². The molecule has 1 N–H and O–H groups in total. The summed E-state index contributed by atoms with van der Waals surface area (Å²) in [6, 6.07) is 4.11. The largest absolute Gasteiger partial charge is 0.350 e. The molecule has 0 radical (unpaired) electrons. The van der Waals surface area contributed by atoms with Gasteiger partial charge in [0.25, 0.3) is 11.6 Å². The van der Waals surface area contributed by atoms with Gasteiger partial charge in [-0.2, -0.15) is 0 Å². The maximum absolute atomic E-state index is 11.9. The molecule has 1 atom stereocenters. The quantitative estimate of drug-likeness (QED) is 0.497.